The minimum atomic E-state index is -0.342. The Kier molecular flexibility index (Phi) is 1.64. The van der Waals surface area contributed by atoms with Crippen LogP contribution in [0.3, 0.4) is 0 Å². The van der Waals surface area contributed by atoms with Crippen molar-refractivity contribution in [3.63, 3.8) is 0 Å². The summed E-state index contributed by atoms with van der Waals surface area (Å²) in [5.74, 6) is 0. The van der Waals surface area contributed by atoms with E-state index in [1.54, 1.807) is 12.1 Å². The monoisotopic (exact) mass is 214 g/mol. The average Bonchev–Trinajstić information content (AvgIpc) is 2.29. The third-order valence-electron chi connectivity index (χ3n) is 2.35. The maximum Gasteiger partial charge on any atom is 0.290 e. The third-order valence-corrected chi connectivity index (χ3v) is 2.35. The lowest BCUT2D eigenvalue weighted by Crippen LogP contribution is -2.33. The second-order valence-corrected chi connectivity index (χ2v) is 3.32. The summed E-state index contributed by atoms with van der Waals surface area (Å²) >= 11 is 0. The first-order valence-electron chi connectivity index (χ1n) is 4.62. The number of aromatic amines is 1. The summed E-state index contributed by atoms with van der Waals surface area (Å²) < 4.78 is 0.559. The second-order valence-electron chi connectivity index (χ2n) is 3.32. The lowest BCUT2D eigenvalue weighted by molar-refractivity contribution is -0.548. The van der Waals surface area contributed by atoms with Gasteiger partial charge in [-0.3, -0.25) is 4.79 Å². The fourth-order valence-corrected chi connectivity index (χ4v) is 1.63. The molecule has 0 spiro atoms. The maximum atomic E-state index is 11.9. The Morgan fingerprint density at radius 1 is 1.38 bits per heavy atom. The number of rotatable bonds is 0. The van der Waals surface area contributed by atoms with Gasteiger partial charge in [-0.15, -0.1) is 0 Å². The van der Waals surface area contributed by atoms with Crippen LogP contribution in [-0.2, 0) is 0 Å². The third kappa shape index (κ3) is 1.07. The van der Waals surface area contributed by atoms with Gasteiger partial charge in [0.1, 0.15) is 11.7 Å². The fraction of sp³-hybridized carbons (Fsp3) is 0. The number of para-hydroxylation sites is 1. The van der Waals surface area contributed by atoms with E-state index in [-0.39, 0.29) is 16.5 Å². The van der Waals surface area contributed by atoms with Crippen LogP contribution in [0.2, 0.25) is 0 Å². The van der Waals surface area contributed by atoms with E-state index in [0.29, 0.717) is 15.9 Å². The first kappa shape index (κ1) is 8.78. The molecule has 1 N–H and O–H groups in total. The highest BCUT2D eigenvalue weighted by Crippen LogP contribution is 2.07. The lowest BCUT2D eigenvalue weighted by atomic mass is 10.3. The van der Waals surface area contributed by atoms with E-state index in [1.165, 1.54) is 18.6 Å². The summed E-state index contributed by atoms with van der Waals surface area (Å²) in [7, 11) is 0. The number of nitrogens with one attached hydrogen (secondary N) is 1. The molecule has 0 aliphatic carbocycles. The van der Waals surface area contributed by atoms with Crippen LogP contribution in [0.15, 0.2) is 35.5 Å². The highest BCUT2D eigenvalue weighted by molar-refractivity contribution is 5.78. The molecule has 6 nitrogen and oxygen atoms in total. The van der Waals surface area contributed by atoms with Crippen molar-refractivity contribution in [1.29, 1.82) is 0 Å². The Hall–Kier alpha value is -2.50. The predicted molar refractivity (Wildman–Crippen MR) is 56.6 cm³/mol. The highest BCUT2D eigenvalue weighted by Gasteiger charge is 2.14. The Balaban J connectivity index is 2.67. The molecule has 0 amide bonds. The number of hydrogen-bond donors (Lipinski definition) is 1. The van der Waals surface area contributed by atoms with Crippen molar-refractivity contribution >= 4 is 22.2 Å². The molecule has 0 bridgehead atoms. The molecule has 3 aromatic rings. The summed E-state index contributed by atoms with van der Waals surface area (Å²) in [6.07, 6.45) is 2.81. The molecule has 0 saturated heterocycles. The molecule has 0 radical (unpaired) electrons. The van der Waals surface area contributed by atoms with Crippen molar-refractivity contribution in [2.75, 3.05) is 0 Å². The number of aromatic nitrogens is 4. The van der Waals surface area contributed by atoms with Crippen molar-refractivity contribution in [1.82, 2.24) is 15.0 Å². The van der Waals surface area contributed by atoms with Gasteiger partial charge in [0.05, 0.1) is 6.33 Å². The molecule has 0 fully saturated rings. The molecule has 2 aromatic heterocycles. The zero-order valence-electron chi connectivity index (χ0n) is 8.04. The lowest BCUT2D eigenvalue weighted by Gasteiger charge is -2.03. The van der Waals surface area contributed by atoms with Gasteiger partial charge in [-0.1, -0.05) is 6.07 Å². The molecule has 3 rings (SSSR count). The Morgan fingerprint density at radius 3 is 3.12 bits per heavy atom. The minimum Gasteiger partial charge on any atom is -0.618 e. The summed E-state index contributed by atoms with van der Waals surface area (Å²) in [5, 5.41) is 11.9. The molecule has 16 heavy (non-hydrogen) atoms. The van der Waals surface area contributed by atoms with Gasteiger partial charge >= 0.3 is 0 Å². The van der Waals surface area contributed by atoms with E-state index in [0.717, 1.165) is 0 Å². The molecular formula is C10H6N4O2. The van der Waals surface area contributed by atoms with Crippen molar-refractivity contribution in [2.45, 2.75) is 0 Å². The van der Waals surface area contributed by atoms with Gasteiger partial charge in [0, 0.05) is 0 Å². The van der Waals surface area contributed by atoms with Crippen LogP contribution in [0.1, 0.15) is 0 Å². The minimum absolute atomic E-state index is 0.0383. The Morgan fingerprint density at radius 2 is 2.25 bits per heavy atom. The normalized spacial score (nSPS) is 11.0. The van der Waals surface area contributed by atoms with Crippen molar-refractivity contribution in [3.05, 3.63) is 46.2 Å². The van der Waals surface area contributed by atoms with Crippen LogP contribution >= 0.6 is 0 Å². The molecule has 78 valence electrons. The number of hydrogen-bond acceptors (Lipinski definition) is 4. The summed E-state index contributed by atoms with van der Waals surface area (Å²) in [5.41, 5.74) is 0.723. The van der Waals surface area contributed by atoms with Crippen molar-refractivity contribution in [3.8, 4) is 0 Å². The summed E-state index contributed by atoms with van der Waals surface area (Å²) in [4.78, 5) is 22.3. The van der Waals surface area contributed by atoms with E-state index in [2.05, 4.69) is 15.0 Å². The van der Waals surface area contributed by atoms with Gasteiger partial charge in [-0.25, -0.2) is 9.97 Å². The van der Waals surface area contributed by atoms with E-state index in [1.807, 2.05) is 0 Å². The van der Waals surface area contributed by atoms with Crippen molar-refractivity contribution in [2.24, 2.45) is 0 Å². The number of nitrogens with zero attached hydrogens (tertiary/aromatic N) is 3. The van der Waals surface area contributed by atoms with Crippen LogP contribution in [-0.4, -0.2) is 15.0 Å². The molecule has 6 heteroatoms. The van der Waals surface area contributed by atoms with Gasteiger partial charge < -0.3 is 10.2 Å². The quantitative estimate of drug-likeness (QED) is 0.327. The SMILES string of the molecule is O=c1cccc2nc3[nH]cncc3[n+]([O-])c12. The fourth-order valence-electron chi connectivity index (χ4n) is 1.63. The van der Waals surface area contributed by atoms with Crippen LogP contribution < -0.4 is 10.2 Å². The number of H-pyrrole nitrogens is 1. The van der Waals surface area contributed by atoms with Crippen molar-refractivity contribution < 1.29 is 4.73 Å². The smallest absolute Gasteiger partial charge is 0.290 e. The average molecular weight is 214 g/mol. The molecule has 0 unspecified atom stereocenters. The zero-order valence-corrected chi connectivity index (χ0v) is 8.04. The van der Waals surface area contributed by atoms with Gasteiger partial charge in [-0.2, -0.15) is 4.73 Å². The van der Waals surface area contributed by atoms with E-state index in [9.17, 15) is 10.0 Å². The van der Waals surface area contributed by atoms with E-state index >= 15 is 0 Å². The zero-order chi connectivity index (χ0) is 11.1. The number of benzene rings is 1. The maximum absolute atomic E-state index is 11.9. The molecule has 0 aliphatic heterocycles. The molecule has 0 atom stereocenters. The first-order valence-corrected chi connectivity index (χ1v) is 4.62. The predicted octanol–water partition coefficient (Wildman–Crippen LogP) is 0.105. The van der Waals surface area contributed by atoms with E-state index < -0.39 is 0 Å². The largest absolute Gasteiger partial charge is 0.618 e. The standard InChI is InChI=1S/C10H6N4O2/c15-8-3-1-2-6-9(8)14(16)7-4-11-5-12-10(7)13-6/h1-5H,(H,11,12,13). The topological polar surface area (TPSA) is 85.6 Å². The Labute approximate surface area is 88.8 Å². The number of fused-ring (bicyclic) bond motifs is 2. The van der Waals surface area contributed by atoms with Crippen LogP contribution in [0.4, 0.5) is 0 Å². The van der Waals surface area contributed by atoms with E-state index in [4.69, 9.17) is 0 Å². The van der Waals surface area contributed by atoms with Gasteiger partial charge in [0.2, 0.25) is 5.65 Å². The molecule has 2 heterocycles. The molecule has 0 saturated carbocycles. The molecule has 1 aromatic carbocycles. The van der Waals surface area contributed by atoms with Crippen LogP contribution in [0.5, 0.6) is 0 Å². The van der Waals surface area contributed by atoms with Crippen LogP contribution in [0.25, 0.3) is 22.2 Å². The first-order chi connectivity index (χ1) is 7.77. The van der Waals surface area contributed by atoms with Gasteiger partial charge in [-0.05, 0) is 12.1 Å². The highest BCUT2D eigenvalue weighted by atomic mass is 16.5. The molecular weight excluding hydrogens is 208 g/mol. The molecule has 0 aliphatic rings. The summed E-state index contributed by atoms with van der Waals surface area (Å²) in [6.45, 7) is 0. The van der Waals surface area contributed by atoms with Gasteiger partial charge in [0.25, 0.3) is 16.5 Å². The Bertz CT molecular complexity index is 750. The van der Waals surface area contributed by atoms with Gasteiger partial charge in [0.15, 0.2) is 0 Å². The second kappa shape index (κ2) is 2.99. The van der Waals surface area contributed by atoms with Crippen LogP contribution in [0, 0.1) is 5.21 Å². The summed E-state index contributed by atoms with van der Waals surface area (Å²) in [6, 6.07) is 4.54.